The maximum absolute atomic E-state index is 14.0. The minimum Gasteiger partial charge on any atom is -0.166 e. The van der Waals surface area contributed by atoms with Gasteiger partial charge in [0.05, 0.1) is 33.4 Å². The van der Waals surface area contributed by atoms with Gasteiger partial charge in [-0.3, -0.25) is 0 Å². The second kappa shape index (κ2) is 10.6. The van der Waals surface area contributed by atoms with Crippen LogP contribution in [-0.2, 0) is 37.1 Å². The van der Waals surface area contributed by atoms with Crippen LogP contribution in [0.2, 0.25) is 0 Å². The molecule has 0 unspecified atom stereocenters. The molecule has 0 aromatic heterocycles. The molecule has 234 valence electrons. The van der Waals surface area contributed by atoms with Crippen LogP contribution in [0.3, 0.4) is 0 Å². The molecule has 0 aliphatic rings. The van der Waals surface area contributed by atoms with Crippen LogP contribution in [0.4, 0.5) is 79.0 Å². The number of hydrogen-bond donors (Lipinski definition) is 0. The maximum atomic E-state index is 14.0. The fourth-order valence-electron chi connectivity index (χ4n) is 4.19. The molecule has 3 aromatic carbocycles. The Labute approximate surface area is 228 Å². The van der Waals surface area contributed by atoms with Crippen LogP contribution in [0.25, 0.3) is 0 Å². The van der Waals surface area contributed by atoms with Gasteiger partial charge in [-0.2, -0.15) is 79.0 Å². The molecule has 0 N–H and O–H groups in total. The van der Waals surface area contributed by atoms with E-state index in [9.17, 15) is 79.0 Å². The standard InChI is InChI=1S/C24H9BF18/c26-19(27,28)10-4-11(20(29,30)31)7-14(6-10)25(15-8-12(21(32,33)34)5-13(9-15)22(35,36)37)18-16(23(38,39)40)2-1-3-17(18)24(41,42)43/h1-9H. The molecule has 0 spiro atoms. The number of hydrogen-bond acceptors (Lipinski definition) is 0. The first-order chi connectivity index (χ1) is 19.1. The van der Waals surface area contributed by atoms with Crippen LogP contribution in [0.15, 0.2) is 54.6 Å². The average molecular weight is 650 g/mol. The van der Waals surface area contributed by atoms with Crippen molar-refractivity contribution in [1.82, 2.24) is 0 Å². The van der Waals surface area contributed by atoms with Crippen molar-refractivity contribution >= 4 is 23.1 Å². The Kier molecular flexibility index (Phi) is 8.35. The number of halogens is 18. The molecular formula is C24H9BF18. The van der Waals surface area contributed by atoms with Gasteiger partial charge in [-0.15, -0.1) is 0 Å². The van der Waals surface area contributed by atoms with Crippen LogP contribution in [0.5, 0.6) is 0 Å². The summed E-state index contributed by atoms with van der Waals surface area (Å²) in [5, 5.41) is 0. The zero-order chi connectivity index (χ0) is 33.1. The summed E-state index contributed by atoms with van der Waals surface area (Å²) < 4.78 is 247. The van der Waals surface area contributed by atoms with Crippen molar-refractivity contribution in [2.24, 2.45) is 0 Å². The van der Waals surface area contributed by atoms with Gasteiger partial charge in [0.1, 0.15) is 0 Å². The fraction of sp³-hybridized carbons (Fsp3) is 0.250. The van der Waals surface area contributed by atoms with E-state index >= 15 is 0 Å². The Morgan fingerprint density at radius 1 is 0.349 bits per heavy atom. The van der Waals surface area contributed by atoms with Crippen molar-refractivity contribution in [3.8, 4) is 0 Å². The highest BCUT2D eigenvalue weighted by Crippen LogP contribution is 2.38. The number of benzene rings is 3. The van der Waals surface area contributed by atoms with Crippen molar-refractivity contribution in [1.29, 1.82) is 0 Å². The average Bonchev–Trinajstić information content (AvgIpc) is 2.80. The molecule has 3 aromatic rings. The third kappa shape index (κ3) is 7.52. The third-order valence-corrected chi connectivity index (χ3v) is 5.89. The van der Waals surface area contributed by atoms with E-state index in [2.05, 4.69) is 0 Å². The predicted molar refractivity (Wildman–Crippen MR) is 114 cm³/mol. The smallest absolute Gasteiger partial charge is 0.166 e. The second-order valence-corrected chi connectivity index (χ2v) is 8.87. The molecule has 0 aliphatic carbocycles. The van der Waals surface area contributed by atoms with E-state index in [0.717, 1.165) is 0 Å². The summed E-state index contributed by atoms with van der Waals surface area (Å²) in [6.07, 6.45) is -34.8. The summed E-state index contributed by atoms with van der Waals surface area (Å²) in [6.45, 7) is -3.33. The van der Waals surface area contributed by atoms with Gasteiger partial charge < -0.3 is 0 Å². The van der Waals surface area contributed by atoms with Crippen molar-refractivity contribution < 1.29 is 79.0 Å². The monoisotopic (exact) mass is 650 g/mol. The molecule has 0 fully saturated rings. The lowest BCUT2D eigenvalue weighted by molar-refractivity contribution is -0.144. The topological polar surface area (TPSA) is 0 Å². The first-order valence-corrected chi connectivity index (χ1v) is 11.0. The Hall–Kier alpha value is -3.54. The van der Waals surface area contributed by atoms with E-state index in [1.165, 1.54) is 0 Å². The molecule has 0 amide bonds. The number of alkyl halides is 18. The summed E-state index contributed by atoms with van der Waals surface area (Å²) in [5.41, 5.74) is -19.8. The van der Waals surface area contributed by atoms with E-state index in [1.54, 1.807) is 0 Å². The van der Waals surface area contributed by atoms with Gasteiger partial charge in [-0.25, -0.2) is 0 Å². The Bertz CT molecular complexity index is 1310. The van der Waals surface area contributed by atoms with Gasteiger partial charge in [-0.1, -0.05) is 53.4 Å². The highest BCUT2D eigenvalue weighted by atomic mass is 19.4. The largest absolute Gasteiger partial charge is 0.416 e. The maximum Gasteiger partial charge on any atom is 0.416 e. The molecule has 19 heteroatoms. The predicted octanol–water partition coefficient (Wildman–Crippen LogP) is 8.32. The molecule has 0 bridgehead atoms. The molecule has 0 nitrogen and oxygen atoms in total. The first kappa shape index (κ1) is 34.0. The zero-order valence-corrected chi connectivity index (χ0v) is 20.1. The van der Waals surface area contributed by atoms with Gasteiger partial charge in [0.25, 0.3) is 0 Å². The second-order valence-electron chi connectivity index (χ2n) is 8.87. The summed E-state index contributed by atoms with van der Waals surface area (Å²) in [6, 6.07) is -2.83. The molecule has 0 saturated carbocycles. The molecule has 0 aliphatic heterocycles. The van der Waals surface area contributed by atoms with Gasteiger partial charge in [0.15, 0.2) is 0 Å². The first-order valence-electron chi connectivity index (χ1n) is 11.0. The highest BCUT2D eigenvalue weighted by molar-refractivity contribution is 6.96. The normalized spacial score (nSPS) is 13.8. The van der Waals surface area contributed by atoms with E-state index in [-0.39, 0.29) is 42.5 Å². The van der Waals surface area contributed by atoms with Gasteiger partial charge in [0.2, 0.25) is 6.71 Å². The zero-order valence-electron chi connectivity index (χ0n) is 20.1. The van der Waals surface area contributed by atoms with E-state index in [0.29, 0.717) is 0 Å². The summed E-state index contributed by atoms with van der Waals surface area (Å²) in [5.74, 6) is 0. The van der Waals surface area contributed by atoms with Crippen molar-refractivity contribution in [3.05, 3.63) is 88.0 Å². The van der Waals surface area contributed by atoms with Gasteiger partial charge in [0, 0.05) is 0 Å². The molecule has 0 heterocycles. The Morgan fingerprint density at radius 3 is 0.814 bits per heavy atom. The van der Waals surface area contributed by atoms with Gasteiger partial charge >= 0.3 is 37.1 Å². The molecule has 0 atom stereocenters. The third-order valence-electron chi connectivity index (χ3n) is 5.89. The van der Waals surface area contributed by atoms with Crippen LogP contribution >= 0.6 is 0 Å². The molecule has 3 rings (SSSR count). The van der Waals surface area contributed by atoms with E-state index in [4.69, 9.17) is 0 Å². The fourth-order valence-corrected chi connectivity index (χ4v) is 4.19. The van der Waals surface area contributed by atoms with Crippen molar-refractivity contribution in [2.75, 3.05) is 0 Å². The highest BCUT2D eigenvalue weighted by Gasteiger charge is 2.47. The van der Waals surface area contributed by atoms with Crippen LogP contribution in [0.1, 0.15) is 33.4 Å². The van der Waals surface area contributed by atoms with Crippen LogP contribution in [0, 0.1) is 0 Å². The van der Waals surface area contributed by atoms with Crippen molar-refractivity contribution in [3.63, 3.8) is 0 Å². The minimum atomic E-state index is -5.89. The van der Waals surface area contributed by atoms with Crippen LogP contribution < -0.4 is 16.4 Å². The minimum absolute atomic E-state index is 0.117. The van der Waals surface area contributed by atoms with Crippen LogP contribution in [-0.4, -0.2) is 6.71 Å². The summed E-state index contributed by atoms with van der Waals surface area (Å²) in [4.78, 5) is 0. The Balaban J connectivity index is 2.69. The number of rotatable bonds is 3. The summed E-state index contributed by atoms with van der Waals surface area (Å²) >= 11 is 0. The lowest BCUT2D eigenvalue weighted by Gasteiger charge is -2.27. The molecular weight excluding hydrogens is 641 g/mol. The lowest BCUT2D eigenvalue weighted by atomic mass is 9.35. The quantitative estimate of drug-likeness (QED) is 0.198. The van der Waals surface area contributed by atoms with Crippen molar-refractivity contribution in [2.45, 2.75) is 37.1 Å². The van der Waals surface area contributed by atoms with E-state index in [1.807, 2.05) is 0 Å². The summed E-state index contributed by atoms with van der Waals surface area (Å²) in [7, 11) is 0. The van der Waals surface area contributed by atoms with Gasteiger partial charge in [-0.05, 0) is 17.6 Å². The molecule has 43 heavy (non-hydrogen) atoms. The lowest BCUT2D eigenvalue weighted by Crippen LogP contribution is -2.57. The Morgan fingerprint density at radius 2 is 0.605 bits per heavy atom. The SMILES string of the molecule is FC(F)(F)c1cc(B(c2cc(C(F)(F)F)cc(C(F)(F)F)c2)c2c(C(F)(F)F)cccc2C(F)(F)F)cc(C(F)(F)F)c1. The molecule has 0 radical (unpaired) electrons. The molecule has 0 saturated heterocycles. The van der Waals surface area contributed by atoms with E-state index < -0.39 is 106 Å².